The highest BCUT2D eigenvalue weighted by Crippen LogP contribution is 2.38. The van der Waals surface area contributed by atoms with Gasteiger partial charge in [-0.3, -0.25) is 0 Å². The zero-order valence-corrected chi connectivity index (χ0v) is 33.3. The fourth-order valence-corrected chi connectivity index (χ4v) is 14.9. The number of aromatic nitrogens is 1. The van der Waals surface area contributed by atoms with Crippen LogP contribution in [0.3, 0.4) is 0 Å². The Morgan fingerprint density at radius 3 is 1.76 bits per heavy atom. The van der Waals surface area contributed by atoms with E-state index in [9.17, 15) is 5.26 Å². The fourth-order valence-electron chi connectivity index (χ4n) is 9.02. The number of benzene rings is 7. The van der Waals surface area contributed by atoms with Gasteiger partial charge in [0.25, 0.3) is 0 Å². The molecule has 4 heteroatoms. The van der Waals surface area contributed by atoms with Crippen LogP contribution in [0.15, 0.2) is 164 Å². The first-order chi connectivity index (χ1) is 27.1. The molecule has 2 aromatic heterocycles. The predicted octanol–water partition coefficient (Wildman–Crippen LogP) is 11.2. The summed E-state index contributed by atoms with van der Waals surface area (Å²) in [5.74, 6) is 0.687. The highest BCUT2D eigenvalue weighted by Gasteiger charge is 2.41. The zero-order valence-electron chi connectivity index (χ0n) is 31.5. The lowest BCUT2D eigenvalue weighted by molar-refractivity contribution is 0.449. The van der Waals surface area contributed by atoms with Crippen molar-refractivity contribution in [2.45, 2.75) is 46.0 Å². The Bertz CT molecular complexity index is 2730. The van der Waals surface area contributed by atoms with Crippen molar-refractivity contribution in [3.63, 3.8) is 0 Å². The fraction of sp³-hybridized carbons (Fsp3) is 0.157. The van der Waals surface area contributed by atoms with E-state index < -0.39 is 8.07 Å². The first kappa shape index (κ1) is 35.0. The Hall–Kier alpha value is -5.73. The quantitative estimate of drug-likeness (QED) is 0.0958. The van der Waals surface area contributed by atoms with Gasteiger partial charge in [-0.15, -0.1) is 11.3 Å². The van der Waals surface area contributed by atoms with Gasteiger partial charge in [0.1, 0.15) is 0 Å². The number of rotatable bonds is 11. The lowest BCUT2D eigenvalue weighted by Gasteiger charge is -2.34. The summed E-state index contributed by atoms with van der Waals surface area (Å²) in [7, 11) is -2.68. The molecule has 268 valence electrons. The van der Waals surface area contributed by atoms with Gasteiger partial charge >= 0.3 is 0 Å². The molecular formula is C51H44N2SSi. The molecule has 0 fully saturated rings. The third kappa shape index (κ3) is 6.09. The number of unbranched alkanes of at least 4 members (excludes halogenated alkanes) is 1. The minimum Gasteiger partial charge on any atom is -0.309 e. The van der Waals surface area contributed by atoms with Crippen LogP contribution in [0.4, 0.5) is 0 Å². The second kappa shape index (κ2) is 14.8. The first-order valence-corrected chi connectivity index (χ1v) is 22.5. The maximum absolute atomic E-state index is 9.92. The van der Waals surface area contributed by atoms with Crippen molar-refractivity contribution in [2.24, 2.45) is 5.92 Å². The Morgan fingerprint density at radius 1 is 0.582 bits per heavy atom. The molecule has 0 bridgehead atoms. The molecule has 0 N–H and O–H groups in total. The summed E-state index contributed by atoms with van der Waals surface area (Å²) in [6.45, 7) is 4.61. The van der Waals surface area contributed by atoms with Crippen molar-refractivity contribution in [1.82, 2.24) is 4.57 Å². The highest BCUT2D eigenvalue weighted by molar-refractivity contribution is 7.26. The molecule has 0 aliphatic rings. The first-order valence-electron chi connectivity index (χ1n) is 19.7. The Balaban J connectivity index is 1.25. The van der Waals surface area contributed by atoms with Crippen LogP contribution < -0.4 is 20.7 Å². The molecule has 7 aromatic carbocycles. The van der Waals surface area contributed by atoms with Gasteiger partial charge < -0.3 is 4.57 Å². The van der Waals surface area contributed by atoms with Crippen molar-refractivity contribution in [2.75, 3.05) is 0 Å². The third-order valence-corrected chi connectivity index (χ3v) is 17.7. The summed E-state index contributed by atoms with van der Waals surface area (Å²) < 4.78 is 5.00. The normalized spacial score (nSPS) is 12.5. The van der Waals surface area contributed by atoms with E-state index in [1.54, 1.807) is 0 Å². The molecule has 2 heterocycles. The van der Waals surface area contributed by atoms with Crippen LogP contribution in [0.1, 0.15) is 50.7 Å². The van der Waals surface area contributed by atoms with E-state index in [2.05, 4.69) is 182 Å². The van der Waals surface area contributed by atoms with E-state index >= 15 is 0 Å². The Labute approximate surface area is 329 Å². The molecule has 0 spiro atoms. The molecule has 9 aromatic rings. The van der Waals surface area contributed by atoms with Gasteiger partial charge in [0.15, 0.2) is 8.07 Å². The summed E-state index contributed by atoms with van der Waals surface area (Å²) >= 11 is 1.87. The number of fused-ring (bicyclic) bond motifs is 6. The van der Waals surface area contributed by atoms with Gasteiger partial charge in [0.2, 0.25) is 0 Å². The molecule has 0 amide bonds. The Morgan fingerprint density at radius 2 is 1.16 bits per heavy atom. The van der Waals surface area contributed by atoms with E-state index in [0.717, 1.165) is 23.0 Å². The van der Waals surface area contributed by atoms with Crippen LogP contribution in [0.2, 0.25) is 0 Å². The third-order valence-electron chi connectivity index (χ3n) is 11.8. The molecule has 0 radical (unpaired) electrons. The molecule has 0 saturated carbocycles. The van der Waals surface area contributed by atoms with Crippen molar-refractivity contribution >= 4 is 82.1 Å². The molecule has 2 nitrogen and oxygen atoms in total. The summed E-state index contributed by atoms with van der Waals surface area (Å²) in [6, 6.07) is 63.4. The van der Waals surface area contributed by atoms with Crippen molar-refractivity contribution in [1.29, 1.82) is 5.26 Å². The Kier molecular flexibility index (Phi) is 9.44. The minimum absolute atomic E-state index is 0.687. The van der Waals surface area contributed by atoms with Crippen LogP contribution >= 0.6 is 11.3 Å². The standard InChI is InChI=1S/C51H44N2SSi/c1-3-5-15-36(4-2)30-37-22-26-48-44(31-37)45-32-38(35-52)23-27-49(45)53(48)39-24-28-50-46(33-39)47-34-43(25-29-51(47)54-50)55(40-16-9-6-10-17-40,41-18-11-7-12-19-41)42-20-13-8-14-21-42/h6-14,16-29,31-34,36H,3-5,15,30H2,1-2H3. The lowest BCUT2D eigenvalue weighted by Crippen LogP contribution is -2.74. The largest absolute Gasteiger partial charge is 0.309 e. The molecule has 0 aliphatic heterocycles. The van der Waals surface area contributed by atoms with Gasteiger partial charge in [0.05, 0.1) is 22.7 Å². The number of nitriles is 1. The molecule has 55 heavy (non-hydrogen) atoms. The summed E-state index contributed by atoms with van der Waals surface area (Å²) in [5, 5.41) is 20.4. The molecule has 0 saturated heterocycles. The van der Waals surface area contributed by atoms with Crippen molar-refractivity contribution in [3.8, 4) is 11.8 Å². The van der Waals surface area contributed by atoms with Crippen molar-refractivity contribution in [3.05, 3.63) is 175 Å². The number of nitrogens with zero attached hydrogens (tertiary/aromatic N) is 2. The monoisotopic (exact) mass is 744 g/mol. The number of thiophene rings is 1. The van der Waals surface area contributed by atoms with E-state index in [1.807, 2.05) is 17.4 Å². The van der Waals surface area contributed by atoms with E-state index in [4.69, 9.17) is 0 Å². The molecule has 0 aliphatic carbocycles. The van der Waals surface area contributed by atoms with Crippen LogP contribution in [0, 0.1) is 17.2 Å². The zero-order chi connectivity index (χ0) is 37.4. The summed E-state index contributed by atoms with van der Waals surface area (Å²) in [5.41, 5.74) is 5.53. The molecule has 1 atom stereocenters. The SMILES string of the molecule is CCCCC(CC)Cc1ccc2c(c1)c1cc(C#N)ccc1n2-c1ccc2sc3ccc([Si](c4ccccc4)(c4ccccc4)c4ccccc4)cc3c2c1. The van der Waals surface area contributed by atoms with Crippen LogP contribution in [-0.4, -0.2) is 12.6 Å². The van der Waals surface area contributed by atoms with E-state index in [0.29, 0.717) is 11.5 Å². The smallest absolute Gasteiger partial charge is 0.179 e. The summed E-state index contributed by atoms with van der Waals surface area (Å²) in [6.07, 6.45) is 6.07. The van der Waals surface area contributed by atoms with Crippen LogP contribution in [0.5, 0.6) is 0 Å². The second-order valence-corrected chi connectivity index (χ2v) is 19.9. The maximum Gasteiger partial charge on any atom is 0.179 e. The van der Waals surface area contributed by atoms with Gasteiger partial charge in [-0.05, 0) is 93.2 Å². The van der Waals surface area contributed by atoms with Crippen LogP contribution in [-0.2, 0) is 6.42 Å². The van der Waals surface area contributed by atoms with Crippen molar-refractivity contribution < 1.29 is 0 Å². The number of hydrogen-bond acceptors (Lipinski definition) is 2. The molecule has 1 unspecified atom stereocenters. The second-order valence-electron chi connectivity index (χ2n) is 15.0. The van der Waals surface area contributed by atoms with Crippen LogP contribution in [0.25, 0.3) is 47.7 Å². The van der Waals surface area contributed by atoms with E-state index in [-0.39, 0.29) is 0 Å². The van der Waals surface area contributed by atoms with Gasteiger partial charge in [-0.25, -0.2) is 0 Å². The topological polar surface area (TPSA) is 28.7 Å². The molecular weight excluding hydrogens is 701 g/mol. The van der Waals surface area contributed by atoms with Gasteiger partial charge in [0, 0.05) is 36.6 Å². The van der Waals surface area contributed by atoms with Gasteiger partial charge in [-0.2, -0.15) is 5.26 Å². The maximum atomic E-state index is 9.92. The average Bonchev–Trinajstić information content (AvgIpc) is 3.78. The van der Waals surface area contributed by atoms with Gasteiger partial charge in [-0.1, -0.05) is 149 Å². The lowest BCUT2D eigenvalue weighted by atomic mass is 9.91. The number of hydrogen-bond donors (Lipinski definition) is 0. The minimum atomic E-state index is -2.68. The average molecular weight is 745 g/mol. The molecule has 9 rings (SSSR count). The summed E-state index contributed by atoms with van der Waals surface area (Å²) in [4.78, 5) is 0. The predicted molar refractivity (Wildman–Crippen MR) is 239 cm³/mol. The highest BCUT2D eigenvalue weighted by atomic mass is 32.1. The van der Waals surface area contributed by atoms with E-state index in [1.165, 1.54) is 83.1 Å².